The number of carbonyl (C=O) groups excluding carboxylic acids is 1. The number of hydrogen-bond acceptors (Lipinski definition) is 3. The summed E-state index contributed by atoms with van der Waals surface area (Å²) in [7, 11) is 0. The lowest BCUT2D eigenvalue weighted by atomic mass is 10.2. The Kier molecular flexibility index (Phi) is 3.26. The maximum Gasteiger partial charge on any atom is 0.250 e. The molecule has 2 unspecified atom stereocenters. The third-order valence-electron chi connectivity index (χ3n) is 2.08. The van der Waals surface area contributed by atoms with Crippen molar-refractivity contribution in [2.75, 3.05) is 0 Å². The van der Waals surface area contributed by atoms with Gasteiger partial charge in [-0.05, 0) is 26.7 Å². The van der Waals surface area contributed by atoms with Gasteiger partial charge in [0.05, 0.1) is 12.2 Å². The van der Waals surface area contributed by atoms with Crippen LogP contribution >= 0.6 is 0 Å². The normalized spacial score (nSPS) is 29.3. The first kappa shape index (κ1) is 10.0. The summed E-state index contributed by atoms with van der Waals surface area (Å²) < 4.78 is 5.35. The molecular formula is C9H14N2O2. The van der Waals surface area contributed by atoms with E-state index in [9.17, 15) is 4.79 Å². The highest BCUT2D eigenvalue weighted by Crippen LogP contribution is 2.18. The molecule has 1 fully saturated rings. The standard InChI is InChI=1S/C9H14N2O2/c1-6(5-10)11-9(12)8-4-3-7(2)13-8/h6-8H,3-4H2,1-2H3,(H,11,12)/t6-,7?,8?/m1/s1. The molecule has 3 atom stereocenters. The Morgan fingerprint density at radius 2 is 2.38 bits per heavy atom. The molecule has 0 bridgehead atoms. The van der Waals surface area contributed by atoms with Crippen LogP contribution in [0, 0.1) is 11.3 Å². The number of carbonyl (C=O) groups is 1. The third kappa shape index (κ3) is 2.71. The fourth-order valence-corrected chi connectivity index (χ4v) is 1.33. The SMILES string of the molecule is CC1CCC(C(=O)N[C@H](C)C#N)O1. The van der Waals surface area contributed by atoms with Crippen molar-refractivity contribution in [3.8, 4) is 6.07 Å². The largest absolute Gasteiger partial charge is 0.365 e. The maximum atomic E-state index is 11.4. The Labute approximate surface area is 77.9 Å². The summed E-state index contributed by atoms with van der Waals surface area (Å²) >= 11 is 0. The van der Waals surface area contributed by atoms with E-state index in [4.69, 9.17) is 10.00 Å². The molecule has 72 valence electrons. The molecule has 1 N–H and O–H groups in total. The fourth-order valence-electron chi connectivity index (χ4n) is 1.33. The summed E-state index contributed by atoms with van der Waals surface area (Å²) in [5.41, 5.74) is 0. The fraction of sp³-hybridized carbons (Fsp3) is 0.778. The molecule has 0 aromatic carbocycles. The molecule has 1 saturated heterocycles. The second-order valence-electron chi connectivity index (χ2n) is 3.37. The van der Waals surface area contributed by atoms with Crippen LogP contribution < -0.4 is 5.32 Å². The Balaban J connectivity index is 2.37. The molecule has 1 aliphatic heterocycles. The van der Waals surface area contributed by atoms with E-state index < -0.39 is 6.04 Å². The average Bonchev–Trinajstić information content (AvgIpc) is 2.51. The van der Waals surface area contributed by atoms with Crippen LogP contribution in [0.25, 0.3) is 0 Å². The highest BCUT2D eigenvalue weighted by molar-refractivity contribution is 5.81. The second-order valence-corrected chi connectivity index (χ2v) is 3.37. The van der Waals surface area contributed by atoms with Crippen molar-refractivity contribution in [2.45, 2.75) is 44.9 Å². The number of ether oxygens (including phenoxy) is 1. The van der Waals surface area contributed by atoms with Crippen LogP contribution in [0.1, 0.15) is 26.7 Å². The van der Waals surface area contributed by atoms with Crippen molar-refractivity contribution in [1.29, 1.82) is 5.26 Å². The maximum absolute atomic E-state index is 11.4. The zero-order chi connectivity index (χ0) is 9.84. The van der Waals surface area contributed by atoms with Crippen LogP contribution in [-0.2, 0) is 9.53 Å². The van der Waals surface area contributed by atoms with Gasteiger partial charge in [0.25, 0.3) is 0 Å². The molecule has 1 aliphatic rings. The molecule has 13 heavy (non-hydrogen) atoms. The smallest absolute Gasteiger partial charge is 0.250 e. The van der Waals surface area contributed by atoms with E-state index in [2.05, 4.69) is 5.32 Å². The summed E-state index contributed by atoms with van der Waals surface area (Å²) in [4.78, 5) is 11.4. The van der Waals surface area contributed by atoms with Crippen molar-refractivity contribution in [3.63, 3.8) is 0 Å². The van der Waals surface area contributed by atoms with Gasteiger partial charge in [0.2, 0.25) is 5.91 Å². The monoisotopic (exact) mass is 182 g/mol. The number of nitrogens with one attached hydrogen (secondary N) is 1. The van der Waals surface area contributed by atoms with Gasteiger partial charge in [0.15, 0.2) is 0 Å². The van der Waals surface area contributed by atoms with Gasteiger partial charge in [-0.3, -0.25) is 4.79 Å². The zero-order valence-corrected chi connectivity index (χ0v) is 7.91. The minimum atomic E-state index is -0.438. The highest BCUT2D eigenvalue weighted by atomic mass is 16.5. The van der Waals surface area contributed by atoms with Gasteiger partial charge in [-0.15, -0.1) is 0 Å². The quantitative estimate of drug-likeness (QED) is 0.679. The minimum absolute atomic E-state index is 0.160. The molecular weight excluding hydrogens is 168 g/mol. The van der Waals surface area contributed by atoms with E-state index >= 15 is 0 Å². The first-order valence-corrected chi connectivity index (χ1v) is 4.49. The predicted octanol–water partition coefficient (Wildman–Crippen LogP) is 0.582. The van der Waals surface area contributed by atoms with Gasteiger partial charge in [-0.2, -0.15) is 5.26 Å². The summed E-state index contributed by atoms with van der Waals surface area (Å²) in [6, 6.07) is 1.51. The Morgan fingerprint density at radius 3 is 2.85 bits per heavy atom. The lowest BCUT2D eigenvalue weighted by molar-refractivity contribution is -0.132. The molecule has 4 nitrogen and oxygen atoms in total. The van der Waals surface area contributed by atoms with Gasteiger partial charge in [0, 0.05) is 0 Å². The number of nitrogens with zero attached hydrogens (tertiary/aromatic N) is 1. The van der Waals surface area contributed by atoms with Gasteiger partial charge in [0.1, 0.15) is 12.1 Å². The highest BCUT2D eigenvalue weighted by Gasteiger charge is 2.28. The molecule has 0 saturated carbocycles. The molecule has 0 spiro atoms. The lowest BCUT2D eigenvalue weighted by Gasteiger charge is -2.12. The van der Waals surface area contributed by atoms with Crippen LogP contribution in [0.4, 0.5) is 0 Å². The molecule has 4 heteroatoms. The lowest BCUT2D eigenvalue weighted by Crippen LogP contribution is -2.39. The molecule has 1 rings (SSSR count). The molecule has 1 heterocycles. The van der Waals surface area contributed by atoms with Crippen LogP contribution in [0.5, 0.6) is 0 Å². The van der Waals surface area contributed by atoms with E-state index in [0.717, 1.165) is 12.8 Å². The predicted molar refractivity (Wildman–Crippen MR) is 46.8 cm³/mol. The van der Waals surface area contributed by atoms with Crippen LogP contribution in [-0.4, -0.2) is 24.2 Å². The van der Waals surface area contributed by atoms with E-state index in [1.165, 1.54) is 0 Å². The summed E-state index contributed by atoms with van der Waals surface area (Å²) in [6.45, 7) is 3.59. The molecule has 0 aliphatic carbocycles. The van der Waals surface area contributed by atoms with Crippen molar-refractivity contribution in [2.24, 2.45) is 0 Å². The Bertz CT molecular complexity index is 234. The molecule has 0 aromatic heterocycles. The Morgan fingerprint density at radius 1 is 1.69 bits per heavy atom. The second kappa shape index (κ2) is 4.24. The van der Waals surface area contributed by atoms with Gasteiger partial charge in [-0.25, -0.2) is 0 Å². The average molecular weight is 182 g/mol. The number of hydrogen-bond donors (Lipinski definition) is 1. The van der Waals surface area contributed by atoms with E-state index in [0.29, 0.717) is 0 Å². The summed E-state index contributed by atoms with van der Waals surface area (Å²) in [5.74, 6) is -0.168. The van der Waals surface area contributed by atoms with Crippen molar-refractivity contribution in [3.05, 3.63) is 0 Å². The molecule has 0 aromatic rings. The van der Waals surface area contributed by atoms with Crippen LogP contribution in [0.2, 0.25) is 0 Å². The summed E-state index contributed by atoms with van der Waals surface area (Å²) in [6.07, 6.45) is 1.48. The van der Waals surface area contributed by atoms with Crippen LogP contribution in [0.3, 0.4) is 0 Å². The van der Waals surface area contributed by atoms with Crippen molar-refractivity contribution < 1.29 is 9.53 Å². The number of nitriles is 1. The first-order valence-electron chi connectivity index (χ1n) is 4.49. The zero-order valence-electron chi connectivity index (χ0n) is 7.91. The molecule has 1 amide bonds. The third-order valence-corrected chi connectivity index (χ3v) is 2.08. The van der Waals surface area contributed by atoms with Crippen molar-refractivity contribution >= 4 is 5.91 Å². The van der Waals surface area contributed by atoms with E-state index in [1.807, 2.05) is 13.0 Å². The van der Waals surface area contributed by atoms with E-state index in [1.54, 1.807) is 6.92 Å². The van der Waals surface area contributed by atoms with E-state index in [-0.39, 0.29) is 18.1 Å². The Hall–Kier alpha value is -1.08. The van der Waals surface area contributed by atoms with Crippen LogP contribution in [0.15, 0.2) is 0 Å². The van der Waals surface area contributed by atoms with Gasteiger partial charge in [-0.1, -0.05) is 0 Å². The number of amides is 1. The van der Waals surface area contributed by atoms with Crippen molar-refractivity contribution in [1.82, 2.24) is 5.32 Å². The summed E-state index contributed by atoms with van der Waals surface area (Å²) in [5, 5.41) is 11.0. The number of rotatable bonds is 2. The van der Waals surface area contributed by atoms with Gasteiger partial charge < -0.3 is 10.1 Å². The molecule has 0 radical (unpaired) electrons. The van der Waals surface area contributed by atoms with Gasteiger partial charge >= 0.3 is 0 Å². The first-order chi connectivity index (χ1) is 6.13. The topological polar surface area (TPSA) is 62.1 Å². The minimum Gasteiger partial charge on any atom is -0.365 e.